The molecule has 0 radical (unpaired) electrons. The topological polar surface area (TPSA) is 3.24 Å². The molecule has 1 nitrogen and oxygen atoms in total. The number of thiophene rings is 2. The van der Waals surface area contributed by atoms with Gasteiger partial charge in [0.2, 0.25) is 0 Å². The molecule has 0 spiro atoms. The largest absolute Gasteiger partial charge is 0.310 e. The molecule has 12 rings (SSSR count). The molecular weight excluding hydrogens is 775 g/mol. The van der Waals surface area contributed by atoms with Gasteiger partial charge in [0.05, 0.1) is 17.8 Å². The van der Waals surface area contributed by atoms with Gasteiger partial charge in [-0.1, -0.05) is 170 Å². The van der Waals surface area contributed by atoms with Crippen molar-refractivity contribution in [2.75, 3.05) is 4.90 Å². The summed E-state index contributed by atoms with van der Waals surface area (Å²) in [6.07, 6.45) is 0. The average Bonchev–Trinajstić information content (AvgIpc) is 4.06. The van der Waals surface area contributed by atoms with Crippen molar-refractivity contribution in [2.24, 2.45) is 0 Å². The molecule has 0 aliphatic rings. The molecule has 2 aromatic heterocycles. The number of nitrogens with zero attached hydrogens (tertiary/aromatic N) is 1. The van der Waals surface area contributed by atoms with E-state index in [1.165, 1.54) is 11.3 Å². The minimum absolute atomic E-state index is 0.0165. The van der Waals surface area contributed by atoms with Gasteiger partial charge in [-0.25, -0.2) is 0 Å². The minimum atomic E-state index is -0.532. The second kappa shape index (κ2) is 14.8. The van der Waals surface area contributed by atoms with E-state index >= 15 is 0 Å². The molecule has 12 aromatic rings. The summed E-state index contributed by atoms with van der Waals surface area (Å²) in [6, 6.07) is 42.5. The van der Waals surface area contributed by atoms with E-state index in [2.05, 4.69) is 6.07 Å². The first-order valence-corrected chi connectivity index (χ1v) is 21.3. The van der Waals surface area contributed by atoms with E-state index in [-0.39, 0.29) is 85.0 Å². The van der Waals surface area contributed by atoms with Crippen LogP contribution >= 0.6 is 22.7 Å². The third-order valence-corrected chi connectivity index (χ3v) is 13.4. The number of fused-ring (bicyclic) bond motifs is 8. The van der Waals surface area contributed by atoms with Gasteiger partial charge in [-0.15, -0.1) is 22.7 Å². The summed E-state index contributed by atoms with van der Waals surface area (Å²) in [6.45, 7) is 0. The van der Waals surface area contributed by atoms with E-state index in [0.717, 1.165) is 60.5 Å². The maximum Gasteiger partial charge on any atom is 0.0652 e. The molecule has 0 aliphatic carbocycles. The summed E-state index contributed by atoms with van der Waals surface area (Å²) < 4.78 is 120. The molecule has 0 aliphatic heterocycles. The molecule has 0 atom stereocenters. The highest BCUT2D eigenvalue weighted by atomic mass is 32.1. The Labute approximate surface area is 380 Å². The van der Waals surface area contributed by atoms with Crippen LogP contribution in [0.5, 0.6) is 0 Å². The molecule has 3 heteroatoms. The van der Waals surface area contributed by atoms with Crippen molar-refractivity contribution in [2.45, 2.75) is 0 Å². The van der Waals surface area contributed by atoms with Gasteiger partial charge in [-0.05, 0) is 104 Å². The van der Waals surface area contributed by atoms with E-state index in [0.29, 0.717) is 26.8 Å². The molecule has 10 aromatic carbocycles. The first kappa shape index (κ1) is 24.7. The van der Waals surface area contributed by atoms with Crippen LogP contribution in [0, 0.1) is 0 Å². The van der Waals surface area contributed by atoms with E-state index < -0.39 is 30.2 Å². The molecule has 286 valence electrons. The Kier molecular flexibility index (Phi) is 5.98. The first-order chi connectivity index (χ1) is 35.7. The van der Waals surface area contributed by atoms with Crippen molar-refractivity contribution in [1.29, 1.82) is 0 Å². The number of hydrogen-bond acceptors (Lipinski definition) is 3. The SMILES string of the molecule is [2H]c1c([2H])c([2H])c2c(sc3c(-c4ccccc4)cc(-c4ccccc4)c(-c4ccc(N(c5ccc(-c6ccccc6)cc5)c5c([2H])c([2H])c6sc7c8c([2H])c([2H])c([2H])c([2H])c8c([2H])c([2H])c7c6c5[2H])cc4)c32)c1[2H]. The van der Waals surface area contributed by atoms with Crippen LogP contribution in [0.25, 0.3) is 95.6 Å². The predicted octanol–water partition coefficient (Wildman–Crippen LogP) is 17.7. The molecule has 0 N–H and O–H groups in total. The van der Waals surface area contributed by atoms with Gasteiger partial charge in [-0.2, -0.15) is 0 Å². The number of anilines is 3. The molecule has 0 saturated heterocycles. The van der Waals surface area contributed by atoms with Crippen molar-refractivity contribution in [3.63, 3.8) is 0 Å². The third-order valence-electron chi connectivity index (χ3n) is 11.1. The number of benzene rings is 10. The first-order valence-electron chi connectivity index (χ1n) is 26.2. The summed E-state index contributed by atoms with van der Waals surface area (Å²) in [7, 11) is 0. The Morgan fingerprint density at radius 1 is 0.377 bits per heavy atom. The zero-order valence-corrected chi connectivity index (χ0v) is 33.8. The summed E-state index contributed by atoms with van der Waals surface area (Å²) in [4.78, 5) is 1.73. The fraction of sp³-hybridized carbons (Fsp3) is 0. The van der Waals surface area contributed by atoms with Crippen LogP contribution in [0.3, 0.4) is 0 Å². The van der Waals surface area contributed by atoms with Crippen molar-refractivity contribution in [1.82, 2.24) is 0 Å². The summed E-state index contributed by atoms with van der Waals surface area (Å²) in [5, 5.41) is 1.21. The normalized spacial score (nSPS) is 14.6. The lowest BCUT2D eigenvalue weighted by Crippen LogP contribution is -2.09. The van der Waals surface area contributed by atoms with Gasteiger partial charge >= 0.3 is 0 Å². The minimum Gasteiger partial charge on any atom is -0.310 e. The van der Waals surface area contributed by atoms with Crippen LogP contribution in [-0.2, 0) is 0 Å². The lowest BCUT2D eigenvalue weighted by atomic mass is 9.87. The predicted molar refractivity (Wildman–Crippen MR) is 266 cm³/mol. The highest BCUT2D eigenvalue weighted by Gasteiger charge is 2.22. The maximum absolute atomic E-state index is 10.0. The van der Waals surface area contributed by atoms with E-state index in [1.54, 1.807) is 4.90 Å². The van der Waals surface area contributed by atoms with Crippen molar-refractivity contribution in [3.05, 3.63) is 224 Å². The Morgan fingerprint density at radius 2 is 0.934 bits per heavy atom. The van der Waals surface area contributed by atoms with Gasteiger partial charge in [0, 0.05) is 63.0 Å². The smallest absolute Gasteiger partial charge is 0.0652 e. The molecule has 0 unspecified atom stereocenters. The molecule has 0 amide bonds. The second-order valence-corrected chi connectivity index (χ2v) is 16.7. The number of hydrogen-bond donors (Lipinski definition) is 0. The summed E-state index contributed by atoms with van der Waals surface area (Å²) in [5.41, 5.74) is 7.93. The lowest BCUT2D eigenvalue weighted by Gasteiger charge is -2.26. The molecule has 0 bridgehead atoms. The highest BCUT2D eigenvalue weighted by molar-refractivity contribution is 7.27. The van der Waals surface area contributed by atoms with Gasteiger partial charge < -0.3 is 4.90 Å². The van der Waals surface area contributed by atoms with Crippen LogP contribution in [0.2, 0.25) is 0 Å². The van der Waals surface area contributed by atoms with Gasteiger partial charge in [-0.3, -0.25) is 0 Å². The van der Waals surface area contributed by atoms with Crippen LogP contribution in [-0.4, -0.2) is 0 Å². The van der Waals surface area contributed by atoms with Crippen molar-refractivity contribution < 1.29 is 17.8 Å². The van der Waals surface area contributed by atoms with Crippen molar-refractivity contribution >= 4 is 90.9 Å². The summed E-state index contributed by atoms with van der Waals surface area (Å²) >= 11 is 2.31. The fourth-order valence-corrected chi connectivity index (χ4v) is 10.5. The van der Waals surface area contributed by atoms with Crippen molar-refractivity contribution in [3.8, 4) is 44.5 Å². The second-order valence-electron chi connectivity index (χ2n) is 14.6. The Hall–Kier alpha value is -7.30. The Morgan fingerprint density at radius 3 is 1.64 bits per heavy atom. The fourth-order valence-electron chi connectivity index (χ4n) is 8.27. The van der Waals surface area contributed by atoms with Crippen LogP contribution < -0.4 is 4.90 Å². The van der Waals surface area contributed by atoms with Gasteiger partial charge in [0.1, 0.15) is 0 Å². The monoisotopic (exact) mass is 824 g/mol. The number of rotatable bonds is 7. The van der Waals surface area contributed by atoms with Gasteiger partial charge in [0.25, 0.3) is 0 Å². The molecule has 0 saturated carbocycles. The molecule has 2 heterocycles. The Bertz CT molecular complexity index is 4310. The van der Waals surface area contributed by atoms with Crippen LogP contribution in [0.15, 0.2) is 224 Å². The average molecular weight is 825 g/mol. The molecule has 0 fully saturated rings. The lowest BCUT2D eigenvalue weighted by molar-refractivity contribution is 1.29. The van der Waals surface area contributed by atoms with E-state index in [1.807, 2.05) is 140 Å². The van der Waals surface area contributed by atoms with E-state index in [9.17, 15) is 6.85 Å². The standard InChI is InChI=1S/C58H37NS2/c1-4-14-38(15-5-1)39-24-29-44(30-25-39)59(46-33-35-54-52(36-46)48-34-28-42-20-10-11-21-47(42)57(48)60-54)45-31-26-43(27-32-45)55-50(40-16-6-2-7-17-40)37-51(41-18-8-3-9-19-41)58-56(55)49-22-12-13-23-53(49)61-58/h1-37H/i10D,11D,12D,13D,20D,21D,22D,23D,28D,33D,34D,35D,36D. The third kappa shape index (κ3) is 6.13. The quantitative estimate of drug-likeness (QED) is 0.155. The molecule has 61 heavy (non-hydrogen) atoms. The van der Waals surface area contributed by atoms with Gasteiger partial charge in [0.15, 0.2) is 0 Å². The van der Waals surface area contributed by atoms with Crippen LogP contribution in [0.1, 0.15) is 17.8 Å². The van der Waals surface area contributed by atoms with E-state index in [4.69, 9.17) is 11.0 Å². The highest BCUT2D eigenvalue weighted by Crippen LogP contribution is 2.50. The zero-order valence-electron chi connectivity index (χ0n) is 45.1. The molecular formula is C58H37NS2. The van der Waals surface area contributed by atoms with Crippen LogP contribution in [0.4, 0.5) is 17.1 Å². The zero-order chi connectivity index (χ0) is 51.6. The summed E-state index contributed by atoms with van der Waals surface area (Å²) in [5.74, 6) is 0. The Balaban J connectivity index is 1.14. The maximum atomic E-state index is 10.0.